The molecule has 0 bridgehead atoms. The quantitative estimate of drug-likeness (QED) is 0.514. The smallest absolute Gasteiger partial charge is 0.297 e. The number of carbonyl (C=O) groups is 1. The minimum absolute atomic E-state index is 0.0794. The SMILES string of the molecule is CC(N)=NC(=O)c1cc(Cl)c2nc(-n3ccnc3)nc(N3CCOCC3)c2n1. The van der Waals surface area contributed by atoms with Gasteiger partial charge in [0, 0.05) is 25.5 Å². The number of pyridine rings is 1. The van der Waals surface area contributed by atoms with E-state index in [1.54, 1.807) is 23.3 Å². The fourth-order valence-electron chi connectivity index (χ4n) is 2.86. The van der Waals surface area contributed by atoms with Crippen molar-refractivity contribution in [2.45, 2.75) is 6.92 Å². The van der Waals surface area contributed by atoms with E-state index in [1.807, 2.05) is 4.90 Å². The van der Waals surface area contributed by atoms with E-state index in [0.717, 1.165) is 0 Å². The Morgan fingerprint density at radius 3 is 2.71 bits per heavy atom. The second-order valence-electron chi connectivity index (χ2n) is 6.16. The first-order chi connectivity index (χ1) is 13.5. The highest BCUT2D eigenvalue weighted by Gasteiger charge is 2.22. The monoisotopic (exact) mass is 400 g/mol. The molecule has 0 atom stereocenters. The van der Waals surface area contributed by atoms with E-state index in [9.17, 15) is 4.79 Å². The Bertz CT molecular complexity index is 1060. The number of anilines is 1. The van der Waals surface area contributed by atoms with Gasteiger partial charge in [0.1, 0.15) is 28.9 Å². The van der Waals surface area contributed by atoms with E-state index in [2.05, 4.69) is 24.9 Å². The Morgan fingerprint density at radius 1 is 1.25 bits per heavy atom. The molecule has 0 saturated carbocycles. The van der Waals surface area contributed by atoms with Crippen molar-refractivity contribution in [1.29, 1.82) is 0 Å². The van der Waals surface area contributed by atoms with Gasteiger partial charge in [0.05, 0.1) is 18.2 Å². The zero-order valence-corrected chi connectivity index (χ0v) is 15.8. The maximum Gasteiger partial charge on any atom is 0.297 e. The maximum absolute atomic E-state index is 12.3. The van der Waals surface area contributed by atoms with Crippen LogP contribution < -0.4 is 10.6 Å². The molecule has 10 nitrogen and oxygen atoms in total. The molecule has 0 unspecified atom stereocenters. The lowest BCUT2D eigenvalue weighted by molar-refractivity contribution is 0.0998. The van der Waals surface area contributed by atoms with E-state index < -0.39 is 5.91 Å². The lowest BCUT2D eigenvalue weighted by Gasteiger charge is -2.28. The molecule has 1 saturated heterocycles. The summed E-state index contributed by atoms with van der Waals surface area (Å²) in [6, 6.07) is 1.44. The highest BCUT2D eigenvalue weighted by molar-refractivity contribution is 6.35. The number of hydrogen-bond donors (Lipinski definition) is 1. The number of ether oxygens (including phenoxy) is 1. The van der Waals surface area contributed by atoms with Crippen LogP contribution in [0.15, 0.2) is 29.8 Å². The standard InChI is InChI=1S/C17H17ClN8O2/c1-10(19)21-16(27)12-8-11(18)13-14(22-12)15(25-4-6-28-7-5-25)24-17(23-13)26-3-2-20-9-26/h2-3,8-9H,4-7H2,1H3,(H2,19,21,27). The normalized spacial score (nSPS) is 15.2. The number of aliphatic imine (C=N–C) groups is 1. The molecule has 0 aromatic carbocycles. The Balaban J connectivity index is 1.93. The van der Waals surface area contributed by atoms with E-state index in [1.165, 1.54) is 13.0 Å². The summed E-state index contributed by atoms with van der Waals surface area (Å²) in [7, 11) is 0. The van der Waals surface area contributed by atoms with Gasteiger partial charge in [-0.3, -0.25) is 9.36 Å². The number of aromatic nitrogens is 5. The van der Waals surface area contributed by atoms with Crippen molar-refractivity contribution < 1.29 is 9.53 Å². The summed E-state index contributed by atoms with van der Waals surface area (Å²) in [6.45, 7) is 3.92. The van der Waals surface area contributed by atoms with Crippen LogP contribution in [0.3, 0.4) is 0 Å². The third-order valence-corrected chi connectivity index (χ3v) is 4.41. The molecule has 1 fully saturated rings. The Morgan fingerprint density at radius 2 is 2.04 bits per heavy atom. The van der Waals surface area contributed by atoms with Crippen LogP contribution in [0.1, 0.15) is 17.4 Å². The molecule has 3 aromatic heterocycles. The molecule has 1 aliphatic heterocycles. The van der Waals surface area contributed by atoms with Crippen LogP contribution >= 0.6 is 11.6 Å². The van der Waals surface area contributed by atoms with Gasteiger partial charge in [-0.25, -0.2) is 15.0 Å². The Labute approximate surface area is 165 Å². The van der Waals surface area contributed by atoms with Crippen molar-refractivity contribution in [3.8, 4) is 5.95 Å². The third kappa shape index (κ3) is 3.51. The fourth-order valence-corrected chi connectivity index (χ4v) is 3.09. The lowest BCUT2D eigenvalue weighted by Crippen LogP contribution is -2.37. The predicted octanol–water partition coefficient (Wildman–Crippen LogP) is 1.22. The molecular weight excluding hydrogens is 384 g/mol. The second-order valence-corrected chi connectivity index (χ2v) is 6.57. The summed E-state index contributed by atoms with van der Waals surface area (Å²) < 4.78 is 7.11. The van der Waals surface area contributed by atoms with Gasteiger partial charge in [0.15, 0.2) is 5.82 Å². The molecule has 3 aromatic rings. The van der Waals surface area contributed by atoms with Crippen LogP contribution in [-0.4, -0.2) is 62.5 Å². The molecule has 0 radical (unpaired) electrons. The summed E-state index contributed by atoms with van der Waals surface area (Å²) in [5.74, 6) is 0.547. The molecule has 4 heterocycles. The Hall–Kier alpha value is -3.11. The summed E-state index contributed by atoms with van der Waals surface area (Å²) >= 11 is 6.46. The van der Waals surface area contributed by atoms with Crippen molar-refractivity contribution >= 4 is 40.2 Å². The molecule has 1 aliphatic rings. The van der Waals surface area contributed by atoms with Gasteiger partial charge >= 0.3 is 0 Å². The average Bonchev–Trinajstić information content (AvgIpc) is 3.22. The summed E-state index contributed by atoms with van der Waals surface area (Å²) in [5.41, 5.74) is 6.45. The van der Waals surface area contributed by atoms with E-state index in [4.69, 9.17) is 22.1 Å². The molecule has 144 valence electrons. The van der Waals surface area contributed by atoms with Crippen LogP contribution in [0.4, 0.5) is 5.82 Å². The number of hydrogen-bond acceptors (Lipinski definition) is 7. The summed E-state index contributed by atoms with van der Waals surface area (Å²) in [4.78, 5) is 35.8. The summed E-state index contributed by atoms with van der Waals surface area (Å²) in [5, 5.41) is 0.275. The van der Waals surface area contributed by atoms with Crippen molar-refractivity contribution in [3.05, 3.63) is 35.5 Å². The maximum atomic E-state index is 12.3. The van der Waals surface area contributed by atoms with Gasteiger partial charge in [-0.2, -0.15) is 9.98 Å². The van der Waals surface area contributed by atoms with E-state index in [0.29, 0.717) is 49.1 Å². The molecule has 4 rings (SSSR count). The molecule has 0 aliphatic carbocycles. The first kappa shape index (κ1) is 18.3. The zero-order valence-electron chi connectivity index (χ0n) is 15.0. The number of fused-ring (bicyclic) bond motifs is 1. The zero-order chi connectivity index (χ0) is 19.7. The molecule has 11 heteroatoms. The molecule has 2 N–H and O–H groups in total. The molecule has 1 amide bonds. The fraction of sp³-hybridized carbons (Fsp3) is 0.294. The van der Waals surface area contributed by atoms with Crippen LogP contribution in [0.5, 0.6) is 0 Å². The van der Waals surface area contributed by atoms with Gasteiger partial charge in [-0.1, -0.05) is 11.6 Å². The second kappa shape index (κ2) is 7.49. The van der Waals surface area contributed by atoms with Gasteiger partial charge < -0.3 is 15.4 Å². The number of rotatable bonds is 3. The number of amidine groups is 1. The van der Waals surface area contributed by atoms with Crippen molar-refractivity contribution in [1.82, 2.24) is 24.5 Å². The van der Waals surface area contributed by atoms with Crippen LogP contribution in [0.2, 0.25) is 5.02 Å². The van der Waals surface area contributed by atoms with Crippen molar-refractivity contribution in [3.63, 3.8) is 0 Å². The molecule has 28 heavy (non-hydrogen) atoms. The minimum atomic E-state index is -0.574. The van der Waals surface area contributed by atoms with Gasteiger partial charge in [-0.15, -0.1) is 0 Å². The van der Waals surface area contributed by atoms with Gasteiger partial charge in [0.25, 0.3) is 5.91 Å². The number of nitrogens with two attached hydrogens (primary N) is 1. The number of halogens is 1. The number of imidazole rings is 1. The van der Waals surface area contributed by atoms with E-state index >= 15 is 0 Å². The highest BCUT2D eigenvalue weighted by atomic mass is 35.5. The Kier molecular flexibility index (Phi) is 4.88. The van der Waals surface area contributed by atoms with E-state index in [-0.39, 0.29) is 16.6 Å². The highest BCUT2D eigenvalue weighted by Crippen LogP contribution is 2.29. The number of carbonyl (C=O) groups excluding carboxylic acids is 1. The predicted molar refractivity (Wildman–Crippen MR) is 104 cm³/mol. The third-order valence-electron chi connectivity index (χ3n) is 4.12. The van der Waals surface area contributed by atoms with Crippen molar-refractivity contribution in [2.75, 3.05) is 31.2 Å². The average molecular weight is 401 g/mol. The number of amides is 1. The number of morpholine rings is 1. The summed E-state index contributed by atoms with van der Waals surface area (Å²) in [6.07, 6.45) is 4.97. The minimum Gasteiger partial charge on any atom is -0.387 e. The first-order valence-corrected chi connectivity index (χ1v) is 8.95. The van der Waals surface area contributed by atoms with Gasteiger partial charge in [-0.05, 0) is 13.0 Å². The van der Waals surface area contributed by atoms with Crippen LogP contribution in [0, 0.1) is 0 Å². The first-order valence-electron chi connectivity index (χ1n) is 8.57. The molecule has 0 spiro atoms. The topological polar surface area (TPSA) is 124 Å². The largest absolute Gasteiger partial charge is 0.387 e. The number of nitrogens with zero attached hydrogens (tertiary/aromatic N) is 7. The van der Waals surface area contributed by atoms with Crippen LogP contribution in [-0.2, 0) is 4.74 Å². The van der Waals surface area contributed by atoms with Crippen LogP contribution in [0.25, 0.3) is 17.0 Å². The lowest BCUT2D eigenvalue weighted by atomic mass is 10.2. The van der Waals surface area contributed by atoms with Gasteiger partial charge in [0.2, 0.25) is 5.95 Å². The van der Waals surface area contributed by atoms with Crippen molar-refractivity contribution in [2.24, 2.45) is 10.7 Å². The molecular formula is C17H17ClN8O2.